The predicted octanol–water partition coefficient (Wildman–Crippen LogP) is 2.50. The molecule has 1 aromatic carbocycles. The SMILES string of the molecule is CCn1cc(NCc2cc(OC)cc(OC)c2)ccc1=O. The molecule has 21 heavy (non-hydrogen) atoms. The summed E-state index contributed by atoms with van der Waals surface area (Å²) in [5.74, 6) is 1.51. The van der Waals surface area contributed by atoms with E-state index in [4.69, 9.17) is 9.47 Å². The van der Waals surface area contributed by atoms with Gasteiger partial charge in [0, 0.05) is 31.4 Å². The third-order valence-corrected chi connectivity index (χ3v) is 3.23. The van der Waals surface area contributed by atoms with Gasteiger partial charge in [0.1, 0.15) is 11.5 Å². The van der Waals surface area contributed by atoms with Crippen LogP contribution in [-0.4, -0.2) is 18.8 Å². The molecule has 0 amide bonds. The second-order valence-corrected chi connectivity index (χ2v) is 4.62. The van der Waals surface area contributed by atoms with Gasteiger partial charge in [-0.15, -0.1) is 0 Å². The lowest BCUT2D eigenvalue weighted by Gasteiger charge is -2.11. The third kappa shape index (κ3) is 3.78. The molecule has 0 aliphatic heterocycles. The molecule has 0 saturated heterocycles. The van der Waals surface area contributed by atoms with E-state index in [1.165, 1.54) is 0 Å². The zero-order valence-corrected chi connectivity index (χ0v) is 12.6. The third-order valence-electron chi connectivity index (χ3n) is 3.23. The van der Waals surface area contributed by atoms with Gasteiger partial charge in [0.05, 0.1) is 19.9 Å². The lowest BCUT2D eigenvalue weighted by molar-refractivity contribution is 0.393. The Balaban J connectivity index is 2.14. The van der Waals surface area contributed by atoms with Crippen molar-refractivity contribution in [2.24, 2.45) is 0 Å². The minimum atomic E-state index is 0.00565. The number of hydrogen-bond acceptors (Lipinski definition) is 4. The normalized spacial score (nSPS) is 10.2. The lowest BCUT2D eigenvalue weighted by atomic mass is 10.2. The van der Waals surface area contributed by atoms with Crippen LogP contribution >= 0.6 is 0 Å². The average Bonchev–Trinajstić information content (AvgIpc) is 2.53. The van der Waals surface area contributed by atoms with E-state index in [-0.39, 0.29) is 5.56 Å². The first-order valence-electron chi connectivity index (χ1n) is 6.82. The highest BCUT2D eigenvalue weighted by molar-refractivity contribution is 5.44. The van der Waals surface area contributed by atoms with Crippen LogP contribution in [0, 0.1) is 0 Å². The highest BCUT2D eigenvalue weighted by atomic mass is 16.5. The summed E-state index contributed by atoms with van der Waals surface area (Å²) in [6.07, 6.45) is 1.82. The van der Waals surface area contributed by atoms with E-state index in [1.807, 2.05) is 31.3 Å². The van der Waals surface area contributed by atoms with Crippen LogP contribution < -0.4 is 20.3 Å². The second-order valence-electron chi connectivity index (χ2n) is 4.62. The number of aryl methyl sites for hydroxylation is 1. The summed E-state index contributed by atoms with van der Waals surface area (Å²) in [6.45, 7) is 3.22. The van der Waals surface area contributed by atoms with Crippen LogP contribution in [0.15, 0.2) is 41.3 Å². The van der Waals surface area contributed by atoms with Gasteiger partial charge in [-0.2, -0.15) is 0 Å². The highest BCUT2D eigenvalue weighted by Crippen LogP contribution is 2.23. The first-order valence-corrected chi connectivity index (χ1v) is 6.82. The molecule has 2 aromatic rings. The Hall–Kier alpha value is -2.43. The van der Waals surface area contributed by atoms with Crippen LogP contribution in [0.4, 0.5) is 5.69 Å². The summed E-state index contributed by atoms with van der Waals surface area (Å²) < 4.78 is 12.2. The van der Waals surface area contributed by atoms with E-state index < -0.39 is 0 Å². The smallest absolute Gasteiger partial charge is 0.250 e. The summed E-state index contributed by atoms with van der Waals surface area (Å²) in [5, 5.41) is 3.29. The molecular weight excluding hydrogens is 268 g/mol. The number of aromatic nitrogens is 1. The van der Waals surface area contributed by atoms with Crippen molar-refractivity contribution in [3.8, 4) is 11.5 Å². The van der Waals surface area contributed by atoms with E-state index in [9.17, 15) is 4.79 Å². The van der Waals surface area contributed by atoms with Crippen molar-refractivity contribution in [2.75, 3.05) is 19.5 Å². The summed E-state index contributed by atoms with van der Waals surface area (Å²) in [6, 6.07) is 9.08. The molecule has 0 atom stereocenters. The molecule has 5 nitrogen and oxygen atoms in total. The number of ether oxygens (including phenoxy) is 2. The van der Waals surface area contributed by atoms with Crippen molar-refractivity contribution in [3.63, 3.8) is 0 Å². The Morgan fingerprint density at radius 3 is 2.33 bits per heavy atom. The van der Waals surface area contributed by atoms with Crippen LogP contribution in [0.5, 0.6) is 11.5 Å². The van der Waals surface area contributed by atoms with Gasteiger partial charge in [-0.3, -0.25) is 4.79 Å². The van der Waals surface area contributed by atoms with Crippen molar-refractivity contribution in [2.45, 2.75) is 20.0 Å². The fraction of sp³-hybridized carbons (Fsp3) is 0.312. The molecule has 0 bridgehead atoms. The van der Waals surface area contributed by atoms with Crippen molar-refractivity contribution in [3.05, 3.63) is 52.4 Å². The van der Waals surface area contributed by atoms with E-state index in [1.54, 1.807) is 30.9 Å². The van der Waals surface area contributed by atoms with Crippen LogP contribution in [0.3, 0.4) is 0 Å². The van der Waals surface area contributed by atoms with Crippen LogP contribution in [0.1, 0.15) is 12.5 Å². The molecule has 5 heteroatoms. The number of benzene rings is 1. The maximum atomic E-state index is 11.5. The summed E-state index contributed by atoms with van der Waals surface area (Å²) >= 11 is 0. The molecule has 1 N–H and O–H groups in total. The fourth-order valence-electron chi connectivity index (χ4n) is 2.06. The number of anilines is 1. The minimum Gasteiger partial charge on any atom is -0.497 e. The first kappa shape index (κ1) is 15.0. The summed E-state index contributed by atoms with van der Waals surface area (Å²) in [5.41, 5.74) is 1.95. The predicted molar refractivity (Wildman–Crippen MR) is 83.2 cm³/mol. The van der Waals surface area contributed by atoms with Crippen LogP contribution in [-0.2, 0) is 13.1 Å². The summed E-state index contributed by atoms with van der Waals surface area (Å²) in [7, 11) is 3.26. The average molecular weight is 288 g/mol. The Morgan fingerprint density at radius 1 is 1.10 bits per heavy atom. The molecule has 1 heterocycles. The molecule has 0 aliphatic carbocycles. The Kier molecular flexibility index (Phi) is 4.87. The van der Waals surface area contributed by atoms with Gasteiger partial charge in [0.25, 0.3) is 5.56 Å². The quantitative estimate of drug-likeness (QED) is 0.887. The van der Waals surface area contributed by atoms with E-state index in [0.717, 1.165) is 22.7 Å². The molecule has 0 radical (unpaired) electrons. The minimum absolute atomic E-state index is 0.00565. The zero-order valence-electron chi connectivity index (χ0n) is 12.6. The molecule has 0 fully saturated rings. The number of hydrogen-bond donors (Lipinski definition) is 1. The Bertz CT molecular complexity index is 643. The van der Waals surface area contributed by atoms with Crippen molar-refractivity contribution < 1.29 is 9.47 Å². The molecule has 0 spiro atoms. The molecule has 0 saturated carbocycles. The van der Waals surface area contributed by atoms with Crippen LogP contribution in [0.2, 0.25) is 0 Å². The first-order chi connectivity index (χ1) is 10.2. The van der Waals surface area contributed by atoms with Gasteiger partial charge in [-0.25, -0.2) is 0 Å². The molecule has 0 unspecified atom stereocenters. The monoisotopic (exact) mass is 288 g/mol. The number of nitrogens with one attached hydrogen (secondary N) is 1. The molecular formula is C16H20N2O3. The number of nitrogens with zero attached hydrogens (tertiary/aromatic N) is 1. The molecule has 0 aliphatic rings. The maximum absolute atomic E-state index is 11.5. The zero-order chi connectivity index (χ0) is 15.2. The van der Waals surface area contributed by atoms with Gasteiger partial charge in [0.15, 0.2) is 0 Å². The largest absolute Gasteiger partial charge is 0.497 e. The van der Waals surface area contributed by atoms with Gasteiger partial charge in [-0.05, 0) is 30.7 Å². The number of rotatable bonds is 6. The van der Waals surface area contributed by atoms with E-state index in [0.29, 0.717) is 13.1 Å². The van der Waals surface area contributed by atoms with Gasteiger partial charge in [0.2, 0.25) is 0 Å². The van der Waals surface area contributed by atoms with Gasteiger partial charge < -0.3 is 19.4 Å². The second kappa shape index (κ2) is 6.83. The van der Waals surface area contributed by atoms with E-state index in [2.05, 4.69) is 5.32 Å². The van der Waals surface area contributed by atoms with E-state index >= 15 is 0 Å². The van der Waals surface area contributed by atoms with Crippen molar-refractivity contribution >= 4 is 5.69 Å². The molecule has 2 rings (SSSR count). The maximum Gasteiger partial charge on any atom is 0.250 e. The van der Waals surface area contributed by atoms with Crippen molar-refractivity contribution in [1.82, 2.24) is 4.57 Å². The standard InChI is InChI=1S/C16H20N2O3/c1-4-18-11-13(5-6-16(18)19)17-10-12-7-14(20-2)9-15(8-12)21-3/h5-9,11,17H,4,10H2,1-3H3. The van der Waals surface area contributed by atoms with Crippen LogP contribution in [0.25, 0.3) is 0 Å². The molecule has 1 aromatic heterocycles. The summed E-state index contributed by atoms with van der Waals surface area (Å²) in [4.78, 5) is 11.5. The topological polar surface area (TPSA) is 52.5 Å². The Labute approximate surface area is 124 Å². The number of methoxy groups -OCH3 is 2. The van der Waals surface area contributed by atoms with Gasteiger partial charge >= 0.3 is 0 Å². The fourth-order valence-corrected chi connectivity index (χ4v) is 2.06. The van der Waals surface area contributed by atoms with Crippen molar-refractivity contribution in [1.29, 1.82) is 0 Å². The van der Waals surface area contributed by atoms with Gasteiger partial charge in [-0.1, -0.05) is 0 Å². The lowest BCUT2D eigenvalue weighted by Crippen LogP contribution is -2.17. The Morgan fingerprint density at radius 2 is 1.76 bits per heavy atom. The molecule has 112 valence electrons. The highest BCUT2D eigenvalue weighted by Gasteiger charge is 2.03. The number of pyridine rings is 1.